The Morgan fingerprint density at radius 2 is 1.38 bits per heavy atom. The molecular formula is C17H14F2O2. The van der Waals surface area contributed by atoms with Crippen LogP contribution >= 0.6 is 0 Å². The van der Waals surface area contributed by atoms with Gasteiger partial charge in [-0.2, -0.15) is 8.78 Å². The van der Waals surface area contributed by atoms with Gasteiger partial charge in [0.1, 0.15) is 12.2 Å². The predicted octanol–water partition coefficient (Wildman–Crippen LogP) is 4.12. The number of carbonyl (C=O) groups is 1. The molecule has 21 heavy (non-hydrogen) atoms. The molecule has 4 heteroatoms. The van der Waals surface area contributed by atoms with Crippen molar-refractivity contribution in [1.29, 1.82) is 0 Å². The van der Waals surface area contributed by atoms with E-state index < -0.39 is 17.6 Å². The van der Waals surface area contributed by atoms with Crippen molar-refractivity contribution in [1.82, 2.24) is 0 Å². The first-order valence-corrected chi connectivity index (χ1v) is 6.46. The van der Waals surface area contributed by atoms with E-state index in [1.807, 2.05) is 6.07 Å². The van der Waals surface area contributed by atoms with E-state index in [0.717, 1.165) is 5.56 Å². The normalized spacial score (nSPS) is 10.0. The molecule has 0 radical (unpaired) electrons. The molecule has 0 aromatic heterocycles. The molecule has 0 saturated heterocycles. The minimum Gasteiger partial charge on any atom is -0.457 e. The Balaban J connectivity index is 2.02. The Hall–Kier alpha value is -2.49. The summed E-state index contributed by atoms with van der Waals surface area (Å²) in [6.45, 7) is -0.0226. The molecular weight excluding hydrogens is 274 g/mol. The van der Waals surface area contributed by atoms with E-state index in [0.29, 0.717) is 5.56 Å². The summed E-state index contributed by atoms with van der Waals surface area (Å²) in [5.41, 5.74) is 0.790. The average molecular weight is 288 g/mol. The number of carbonyl (C=O) groups excluding carboxylic acids is 1. The van der Waals surface area contributed by atoms with Crippen molar-refractivity contribution in [2.24, 2.45) is 0 Å². The molecule has 0 heterocycles. The van der Waals surface area contributed by atoms with Crippen LogP contribution in [-0.4, -0.2) is 5.97 Å². The minimum atomic E-state index is -2.00. The summed E-state index contributed by atoms with van der Waals surface area (Å²) >= 11 is 0. The van der Waals surface area contributed by atoms with Gasteiger partial charge in [-0.1, -0.05) is 60.7 Å². The summed E-state index contributed by atoms with van der Waals surface area (Å²) in [6.07, 6.45) is -2.14. The zero-order chi connectivity index (χ0) is 15.1. The zero-order valence-electron chi connectivity index (χ0n) is 11.3. The van der Waals surface area contributed by atoms with Crippen molar-refractivity contribution in [3.05, 3.63) is 83.4 Å². The van der Waals surface area contributed by atoms with E-state index in [1.165, 1.54) is 0 Å². The highest BCUT2D eigenvalue weighted by molar-refractivity contribution is 5.89. The first kappa shape index (κ1) is 14.9. The van der Waals surface area contributed by atoms with Crippen molar-refractivity contribution in [3.63, 3.8) is 0 Å². The van der Waals surface area contributed by atoms with Crippen LogP contribution in [0.5, 0.6) is 0 Å². The molecule has 0 fully saturated rings. The van der Waals surface area contributed by atoms with Gasteiger partial charge in [-0.3, -0.25) is 0 Å². The number of ether oxygens (including phenoxy) is 1. The molecule has 0 aliphatic rings. The summed E-state index contributed by atoms with van der Waals surface area (Å²) < 4.78 is 30.8. The van der Waals surface area contributed by atoms with E-state index in [-0.39, 0.29) is 13.0 Å². The summed E-state index contributed by atoms with van der Waals surface area (Å²) in [5.74, 6) is -0.984. The van der Waals surface area contributed by atoms with Crippen LogP contribution in [0.25, 0.3) is 0 Å². The lowest BCUT2D eigenvalue weighted by molar-refractivity contribution is -0.140. The van der Waals surface area contributed by atoms with Gasteiger partial charge in [-0.25, -0.2) is 4.79 Å². The Kier molecular flexibility index (Phi) is 5.21. The number of rotatable bonds is 5. The topological polar surface area (TPSA) is 26.3 Å². The van der Waals surface area contributed by atoms with Crippen molar-refractivity contribution < 1.29 is 18.3 Å². The van der Waals surface area contributed by atoms with Crippen molar-refractivity contribution in [3.8, 4) is 0 Å². The SMILES string of the molecule is O=C(OCc1ccccc1)C(Cc1ccccc1)=C(F)F. The van der Waals surface area contributed by atoms with Gasteiger partial charge >= 0.3 is 5.97 Å². The minimum absolute atomic E-state index is 0.0226. The second-order valence-corrected chi connectivity index (χ2v) is 4.46. The van der Waals surface area contributed by atoms with Crippen molar-refractivity contribution in [2.45, 2.75) is 13.0 Å². The second-order valence-electron chi connectivity index (χ2n) is 4.46. The number of hydrogen-bond donors (Lipinski definition) is 0. The van der Waals surface area contributed by atoms with Crippen LogP contribution < -0.4 is 0 Å². The van der Waals surface area contributed by atoms with Gasteiger partial charge in [-0.15, -0.1) is 0 Å². The standard InChI is InChI=1S/C17H14F2O2/c18-16(19)15(11-13-7-3-1-4-8-13)17(20)21-12-14-9-5-2-6-10-14/h1-10H,11-12H2. The van der Waals surface area contributed by atoms with Gasteiger partial charge in [0.25, 0.3) is 6.08 Å². The highest BCUT2D eigenvalue weighted by atomic mass is 19.3. The Morgan fingerprint density at radius 1 is 0.857 bits per heavy atom. The van der Waals surface area contributed by atoms with Crippen molar-refractivity contribution >= 4 is 5.97 Å². The Labute approximate surface area is 121 Å². The van der Waals surface area contributed by atoms with E-state index in [9.17, 15) is 13.6 Å². The predicted molar refractivity (Wildman–Crippen MR) is 75.6 cm³/mol. The van der Waals surface area contributed by atoms with E-state index >= 15 is 0 Å². The fourth-order valence-corrected chi connectivity index (χ4v) is 1.83. The lowest BCUT2D eigenvalue weighted by Crippen LogP contribution is -2.11. The van der Waals surface area contributed by atoms with E-state index in [4.69, 9.17) is 4.74 Å². The molecule has 0 saturated carbocycles. The molecule has 0 atom stereocenters. The molecule has 0 aliphatic heterocycles. The van der Waals surface area contributed by atoms with Crippen LogP contribution in [0.2, 0.25) is 0 Å². The molecule has 0 spiro atoms. The lowest BCUT2D eigenvalue weighted by Gasteiger charge is -2.08. The molecule has 0 amide bonds. The van der Waals surface area contributed by atoms with Gasteiger partial charge in [0.05, 0.1) is 0 Å². The van der Waals surface area contributed by atoms with Gasteiger partial charge in [0.15, 0.2) is 0 Å². The quantitative estimate of drug-likeness (QED) is 0.611. The molecule has 2 rings (SSSR count). The number of esters is 1. The second kappa shape index (κ2) is 7.33. The third kappa shape index (κ3) is 4.53. The van der Waals surface area contributed by atoms with Crippen LogP contribution in [0.4, 0.5) is 8.78 Å². The van der Waals surface area contributed by atoms with Crippen LogP contribution in [0.1, 0.15) is 11.1 Å². The molecule has 2 nitrogen and oxygen atoms in total. The average Bonchev–Trinajstić information content (AvgIpc) is 2.52. The fourth-order valence-electron chi connectivity index (χ4n) is 1.83. The zero-order valence-corrected chi connectivity index (χ0v) is 11.3. The lowest BCUT2D eigenvalue weighted by atomic mass is 10.1. The van der Waals surface area contributed by atoms with Crippen molar-refractivity contribution in [2.75, 3.05) is 0 Å². The number of halogens is 2. The molecule has 108 valence electrons. The summed E-state index contributed by atoms with van der Waals surface area (Å²) in [7, 11) is 0. The van der Waals surface area contributed by atoms with E-state index in [2.05, 4.69) is 0 Å². The van der Waals surface area contributed by atoms with Crippen LogP contribution in [0, 0.1) is 0 Å². The van der Waals surface area contributed by atoms with Gasteiger partial charge < -0.3 is 4.74 Å². The molecule has 0 aliphatic carbocycles. The monoisotopic (exact) mass is 288 g/mol. The Morgan fingerprint density at radius 3 is 1.90 bits per heavy atom. The maximum atomic E-state index is 12.9. The van der Waals surface area contributed by atoms with Gasteiger partial charge in [0, 0.05) is 6.42 Å². The number of hydrogen-bond acceptors (Lipinski definition) is 2. The maximum absolute atomic E-state index is 12.9. The highest BCUT2D eigenvalue weighted by Crippen LogP contribution is 2.17. The molecule has 2 aromatic carbocycles. The van der Waals surface area contributed by atoms with Crippen LogP contribution in [-0.2, 0) is 22.6 Å². The molecule has 2 aromatic rings. The third-order valence-corrected chi connectivity index (χ3v) is 2.91. The first-order chi connectivity index (χ1) is 10.2. The largest absolute Gasteiger partial charge is 0.457 e. The number of benzene rings is 2. The molecule has 0 bridgehead atoms. The summed E-state index contributed by atoms with van der Waals surface area (Å²) in [5, 5.41) is 0. The smallest absolute Gasteiger partial charge is 0.340 e. The molecule has 0 N–H and O–H groups in total. The van der Waals surface area contributed by atoms with Gasteiger partial charge in [0.2, 0.25) is 0 Å². The van der Waals surface area contributed by atoms with E-state index in [1.54, 1.807) is 54.6 Å². The summed E-state index contributed by atoms with van der Waals surface area (Å²) in [6, 6.07) is 17.6. The fraction of sp³-hybridized carbons (Fsp3) is 0.118. The maximum Gasteiger partial charge on any atom is 0.340 e. The van der Waals surface area contributed by atoms with Crippen LogP contribution in [0.15, 0.2) is 72.3 Å². The third-order valence-electron chi connectivity index (χ3n) is 2.91. The summed E-state index contributed by atoms with van der Waals surface area (Å²) in [4.78, 5) is 11.8. The first-order valence-electron chi connectivity index (χ1n) is 6.46. The Bertz CT molecular complexity index is 618. The van der Waals surface area contributed by atoms with Crippen LogP contribution in [0.3, 0.4) is 0 Å². The molecule has 0 unspecified atom stereocenters. The van der Waals surface area contributed by atoms with Gasteiger partial charge in [-0.05, 0) is 11.1 Å². The highest BCUT2D eigenvalue weighted by Gasteiger charge is 2.18.